The Balaban J connectivity index is 2.27. The number of aromatic nitrogens is 2. The molecule has 0 saturated heterocycles. The molecule has 0 amide bonds. The highest BCUT2D eigenvalue weighted by Crippen LogP contribution is 2.24. The summed E-state index contributed by atoms with van der Waals surface area (Å²) in [7, 11) is 1.76. The van der Waals surface area contributed by atoms with Crippen molar-refractivity contribution in [2.24, 2.45) is 7.05 Å². The first kappa shape index (κ1) is 12.4. The average molecular weight is 244 g/mol. The number of aryl methyl sites for hydroxylation is 3. The standard InChI is InChI=1S/C14H16N2O2/c1-9-5-10(2)11(3)13(6-9)18-14(17)12-7-15-16(4)8-12/h5-8H,1-4H3. The van der Waals surface area contributed by atoms with E-state index in [4.69, 9.17) is 4.74 Å². The molecule has 1 heterocycles. The van der Waals surface area contributed by atoms with Crippen LogP contribution in [0.15, 0.2) is 24.5 Å². The Hall–Kier alpha value is -2.10. The maximum atomic E-state index is 11.9. The van der Waals surface area contributed by atoms with Gasteiger partial charge in [-0.25, -0.2) is 4.79 Å². The molecule has 1 aromatic heterocycles. The van der Waals surface area contributed by atoms with Gasteiger partial charge in [0.1, 0.15) is 5.75 Å². The number of rotatable bonds is 2. The Labute approximate surface area is 106 Å². The summed E-state index contributed by atoms with van der Waals surface area (Å²) < 4.78 is 6.99. The Morgan fingerprint density at radius 2 is 2.00 bits per heavy atom. The highest BCUT2D eigenvalue weighted by atomic mass is 16.5. The lowest BCUT2D eigenvalue weighted by Gasteiger charge is -2.10. The summed E-state index contributed by atoms with van der Waals surface area (Å²) in [6, 6.07) is 3.94. The molecule has 2 aromatic rings. The number of carbonyl (C=O) groups excluding carboxylic acids is 1. The minimum Gasteiger partial charge on any atom is -0.423 e. The van der Waals surface area contributed by atoms with Crippen LogP contribution in [0.1, 0.15) is 27.0 Å². The lowest BCUT2D eigenvalue weighted by Crippen LogP contribution is -2.09. The quantitative estimate of drug-likeness (QED) is 0.602. The molecule has 4 nitrogen and oxygen atoms in total. The molecule has 0 aliphatic heterocycles. The second-order valence-electron chi connectivity index (χ2n) is 4.50. The molecule has 94 valence electrons. The molecule has 18 heavy (non-hydrogen) atoms. The van der Waals surface area contributed by atoms with Gasteiger partial charge in [0.05, 0.1) is 11.8 Å². The molecule has 0 radical (unpaired) electrons. The first-order valence-corrected chi connectivity index (χ1v) is 5.76. The molecule has 1 aromatic carbocycles. The zero-order valence-electron chi connectivity index (χ0n) is 11.0. The Morgan fingerprint density at radius 3 is 2.61 bits per heavy atom. The third kappa shape index (κ3) is 2.42. The third-order valence-corrected chi connectivity index (χ3v) is 2.91. The van der Waals surface area contributed by atoms with Crippen LogP contribution in [0, 0.1) is 20.8 Å². The first-order chi connectivity index (χ1) is 8.47. The van der Waals surface area contributed by atoms with Crippen molar-refractivity contribution in [3.63, 3.8) is 0 Å². The highest BCUT2D eigenvalue weighted by Gasteiger charge is 2.13. The zero-order chi connectivity index (χ0) is 13.3. The predicted molar refractivity (Wildman–Crippen MR) is 68.8 cm³/mol. The van der Waals surface area contributed by atoms with E-state index in [0.717, 1.165) is 16.7 Å². The molecule has 0 atom stereocenters. The fraction of sp³-hybridized carbons (Fsp3) is 0.286. The first-order valence-electron chi connectivity index (χ1n) is 5.76. The molecule has 4 heteroatoms. The zero-order valence-corrected chi connectivity index (χ0v) is 11.0. The van der Waals surface area contributed by atoms with E-state index in [1.54, 1.807) is 17.9 Å². The van der Waals surface area contributed by atoms with Crippen molar-refractivity contribution >= 4 is 5.97 Å². The summed E-state index contributed by atoms with van der Waals surface area (Å²) >= 11 is 0. The number of ether oxygens (including phenoxy) is 1. The number of carbonyl (C=O) groups is 1. The van der Waals surface area contributed by atoms with E-state index in [2.05, 4.69) is 11.2 Å². The van der Waals surface area contributed by atoms with Gasteiger partial charge in [-0.1, -0.05) is 6.07 Å². The minimum absolute atomic E-state index is 0.379. The van der Waals surface area contributed by atoms with Crippen LogP contribution in [0.4, 0.5) is 0 Å². The van der Waals surface area contributed by atoms with E-state index in [0.29, 0.717) is 11.3 Å². The van der Waals surface area contributed by atoms with Crippen LogP contribution in [0.3, 0.4) is 0 Å². The maximum absolute atomic E-state index is 11.9. The summed E-state index contributed by atoms with van der Waals surface area (Å²) in [5.41, 5.74) is 3.63. The monoisotopic (exact) mass is 244 g/mol. The summed E-state index contributed by atoms with van der Waals surface area (Å²) in [5, 5.41) is 3.95. The minimum atomic E-state index is -0.379. The van der Waals surface area contributed by atoms with Crippen molar-refractivity contribution in [3.8, 4) is 5.75 Å². The van der Waals surface area contributed by atoms with Crippen LogP contribution in [0.5, 0.6) is 5.75 Å². The average Bonchev–Trinajstić information content (AvgIpc) is 2.72. The molecule has 0 spiro atoms. The summed E-state index contributed by atoms with van der Waals surface area (Å²) in [4.78, 5) is 11.9. The van der Waals surface area contributed by atoms with Crippen LogP contribution in [0.25, 0.3) is 0 Å². The van der Waals surface area contributed by atoms with Gasteiger partial charge in [-0.3, -0.25) is 4.68 Å². The molecule has 0 unspecified atom stereocenters. The summed E-state index contributed by atoms with van der Waals surface area (Å²) in [6.45, 7) is 5.93. The smallest absolute Gasteiger partial charge is 0.346 e. The van der Waals surface area contributed by atoms with Crippen LogP contribution in [-0.4, -0.2) is 15.7 Å². The van der Waals surface area contributed by atoms with E-state index in [-0.39, 0.29) is 5.97 Å². The molecular weight excluding hydrogens is 228 g/mol. The van der Waals surface area contributed by atoms with Crippen LogP contribution in [0.2, 0.25) is 0 Å². The van der Waals surface area contributed by atoms with Gasteiger partial charge in [-0.05, 0) is 43.5 Å². The fourth-order valence-electron chi connectivity index (χ4n) is 1.79. The van der Waals surface area contributed by atoms with Crippen molar-refractivity contribution < 1.29 is 9.53 Å². The Bertz CT molecular complexity index is 600. The van der Waals surface area contributed by atoms with Crippen molar-refractivity contribution in [3.05, 3.63) is 46.8 Å². The van der Waals surface area contributed by atoms with Gasteiger partial charge >= 0.3 is 5.97 Å². The summed E-state index contributed by atoms with van der Waals surface area (Å²) in [6.07, 6.45) is 3.14. The summed E-state index contributed by atoms with van der Waals surface area (Å²) in [5.74, 6) is 0.234. The van der Waals surface area contributed by atoms with Crippen molar-refractivity contribution in [2.45, 2.75) is 20.8 Å². The normalized spacial score (nSPS) is 10.4. The number of hydrogen-bond donors (Lipinski definition) is 0. The lowest BCUT2D eigenvalue weighted by atomic mass is 10.1. The molecular formula is C14H16N2O2. The van der Waals surface area contributed by atoms with Crippen molar-refractivity contribution in [1.82, 2.24) is 9.78 Å². The van der Waals surface area contributed by atoms with E-state index in [1.165, 1.54) is 6.20 Å². The molecule has 0 fully saturated rings. The highest BCUT2D eigenvalue weighted by molar-refractivity contribution is 5.90. The van der Waals surface area contributed by atoms with Crippen LogP contribution >= 0.6 is 0 Å². The van der Waals surface area contributed by atoms with Crippen LogP contribution in [-0.2, 0) is 7.05 Å². The van der Waals surface area contributed by atoms with Gasteiger partial charge in [0.15, 0.2) is 0 Å². The van der Waals surface area contributed by atoms with Gasteiger partial charge < -0.3 is 4.74 Å². The van der Waals surface area contributed by atoms with E-state index < -0.39 is 0 Å². The van der Waals surface area contributed by atoms with Crippen molar-refractivity contribution in [1.29, 1.82) is 0 Å². The fourth-order valence-corrected chi connectivity index (χ4v) is 1.79. The number of nitrogens with zero attached hydrogens (tertiary/aromatic N) is 2. The van der Waals surface area contributed by atoms with E-state index in [9.17, 15) is 4.79 Å². The molecule has 2 rings (SSSR count). The lowest BCUT2D eigenvalue weighted by molar-refractivity contribution is 0.0733. The molecule has 0 bridgehead atoms. The van der Waals surface area contributed by atoms with Gasteiger partial charge in [0.2, 0.25) is 0 Å². The Morgan fingerprint density at radius 1 is 1.28 bits per heavy atom. The van der Waals surface area contributed by atoms with Gasteiger partial charge in [-0.15, -0.1) is 0 Å². The largest absolute Gasteiger partial charge is 0.423 e. The molecule has 0 aliphatic carbocycles. The van der Waals surface area contributed by atoms with Gasteiger partial charge in [0.25, 0.3) is 0 Å². The predicted octanol–water partition coefficient (Wildman–Crippen LogP) is 2.56. The number of benzene rings is 1. The van der Waals surface area contributed by atoms with E-state index in [1.807, 2.05) is 26.8 Å². The second-order valence-corrected chi connectivity index (χ2v) is 4.50. The number of esters is 1. The van der Waals surface area contributed by atoms with Gasteiger partial charge in [0, 0.05) is 13.2 Å². The topological polar surface area (TPSA) is 44.1 Å². The number of hydrogen-bond acceptors (Lipinski definition) is 3. The molecule has 0 saturated carbocycles. The molecule has 0 aliphatic rings. The third-order valence-electron chi connectivity index (χ3n) is 2.91. The molecule has 0 N–H and O–H groups in total. The Kier molecular flexibility index (Phi) is 3.19. The van der Waals surface area contributed by atoms with Gasteiger partial charge in [-0.2, -0.15) is 5.10 Å². The van der Waals surface area contributed by atoms with Crippen molar-refractivity contribution in [2.75, 3.05) is 0 Å². The second kappa shape index (κ2) is 4.64. The maximum Gasteiger partial charge on any atom is 0.346 e. The van der Waals surface area contributed by atoms with Crippen LogP contribution < -0.4 is 4.74 Å². The SMILES string of the molecule is Cc1cc(C)c(C)c(OC(=O)c2cnn(C)c2)c1. The van der Waals surface area contributed by atoms with E-state index >= 15 is 0 Å².